The van der Waals surface area contributed by atoms with Crippen molar-refractivity contribution in [2.24, 2.45) is 0 Å². The van der Waals surface area contributed by atoms with Gasteiger partial charge in [0, 0.05) is 49.9 Å². The van der Waals surface area contributed by atoms with Crippen LogP contribution >= 0.6 is 11.3 Å². The minimum Gasteiger partial charge on any atom is -0.354 e. The second-order valence-electron chi connectivity index (χ2n) is 5.54. The molecule has 2 aromatic heterocycles. The van der Waals surface area contributed by atoms with Crippen LogP contribution < -0.4 is 4.90 Å². The molecular weight excluding hydrogens is 282 g/mol. The molecule has 1 aliphatic rings. The molecular formula is C15H21N5S. The highest BCUT2D eigenvalue weighted by Crippen LogP contribution is 2.17. The van der Waals surface area contributed by atoms with Gasteiger partial charge in [-0.1, -0.05) is 0 Å². The molecule has 5 nitrogen and oxygen atoms in total. The number of aryl methyl sites for hydroxylation is 3. The number of thiazole rings is 1. The molecule has 112 valence electrons. The average Bonchev–Trinajstić information content (AvgIpc) is 2.84. The Labute approximate surface area is 129 Å². The van der Waals surface area contributed by atoms with Crippen molar-refractivity contribution in [3.8, 4) is 0 Å². The second kappa shape index (κ2) is 6.07. The van der Waals surface area contributed by atoms with Crippen molar-refractivity contribution in [2.75, 3.05) is 31.1 Å². The Morgan fingerprint density at radius 2 is 1.81 bits per heavy atom. The highest BCUT2D eigenvalue weighted by atomic mass is 32.1. The first-order valence-corrected chi connectivity index (χ1v) is 8.19. The van der Waals surface area contributed by atoms with Crippen LogP contribution in [-0.4, -0.2) is 46.0 Å². The van der Waals surface area contributed by atoms with E-state index in [2.05, 4.69) is 43.1 Å². The summed E-state index contributed by atoms with van der Waals surface area (Å²) in [7, 11) is 0. The maximum atomic E-state index is 4.56. The molecule has 0 unspecified atom stereocenters. The highest BCUT2D eigenvalue weighted by Gasteiger charge is 2.19. The summed E-state index contributed by atoms with van der Waals surface area (Å²) in [5.41, 5.74) is 2.23. The van der Waals surface area contributed by atoms with Crippen LogP contribution in [0.15, 0.2) is 11.4 Å². The van der Waals surface area contributed by atoms with Crippen molar-refractivity contribution in [3.05, 3.63) is 33.7 Å². The van der Waals surface area contributed by atoms with Gasteiger partial charge < -0.3 is 4.90 Å². The normalized spacial score (nSPS) is 16.4. The van der Waals surface area contributed by atoms with E-state index < -0.39 is 0 Å². The van der Waals surface area contributed by atoms with Crippen molar-refractivity contribution in [3.63, 3.8) is 0 Å². The van der Waals surface area contributed by atoms with E-state index in [4.69, 9.17) is 0 Å². The average molecular weight is 303 g/mol. The highest BCUT2D eigenvalue weighted by molar-refractivity contribution is 7.09. The molecule has 3 heterocycles. The quantitative estimate of drug-likeness (QED) is 0.869. The third kappa shape index (κ3) is 3.57. The van der Waals surface area contributed by atoms with Crippen LogP contribution in [0.25, 0.3) is 0 Å². The first-order chi connectivity index (χ1) is 10.1. The van der Waals surface area contributed by atoms with Crippen molar-refractivity contribution in [1.29, 1.82) is 0 Å². The molecule has 0 saturated carbocycles. The summed E-state index contributed by atoms with van der Waals surface area (Å²) in [6.07, 6.45) is 0. The van der Waals surface area contributed by atoms with Gasteiger partial charge in [-0.2, -0.15) is 0 Å². The van der Waals surface area contributed by atoms with E-state index in [0.717, 1.165) is 55.1 Å². The third-order valence-electron chi connectivity index (χ3n) is 3.70. The van der Waals surface area contributed by atoms with Gasteiger partial charge in [0.15, 0.2) is 0 Å². The molecule has 0 aromatic carbocycles. The molecule has 1 aliphatic heterocycles. The molecule has 0 amide bonds. The monoisotopic (exact) mass is 303 g/mol. The van der Waals surface area contributed by atoms with Gasteiger partial charge in [0.05, 0.1) is 10.7 Å². The predicted octanol–water partition coefficient (Wildman–Crippen LogP) is 2.18. The Balaban J connectivity index is 1.59. The molecule has 0 atom stereocenters. The fraction of sp³-hybridized carbons (Fsp3) is 0.533. The standard InChI is InChI=1S/C15H21N5S/c1-11-8-15(17-12(2)16-11)20-6-4-19(5-7-20)9-14-10-21-13(3)18-14/h8,10H,4-7,9H2,1-3H3. The summed E-state index contributed by atoms with van der Waals surface area (Å²) >= 11 is 1.73. The van der Waals surface area contributed by atoms with E-state index in [-0.39, 0.29) is 0 Å². The van der Waals surface area contributed by atoms with Crippen molar-refractivity contribution in [2.45, 2.75) is 27.3 Å². The SMILES string of the molecule is Cc1cc(N2CCN(Cc3csc(C)n3)CC2)nc(C)n1. The van der Waals surface area contributed by atoms with E-state index in [1.165, 1.54) is 5.69 Å². The number of hydrogen-bond acceptors (Lipinski definition) is 6. The van der Waals surface area contributed by atoms with E-state index in [1.807, 2.05) is 13.8 Å². The molecule has 1 fully saturated rings. The first-order valence-electron chi connectivity index (χ1n) is 7.31. The lowest BCUT2D eigenvalue weighted by atomic mass is 10.3. The minimum atomic E-state index is 0.852. The van der Waals surface area contributed by atoms with E-state index in [0.29, 0.717) is 0 Å². The van der Waals surface area contributed by atoms with E-state index >= 15 is 0 Å². The Bertz CT molecular complexity index is 596. The zero-order valence-electron chi connectivity index (χ0n) is 12.8. The number of aromatic nitrogens is 3. The Morgan fingerprint density at radius 1 is 1.05 bits per heavy atom. The summed E-state index contributed by atoms with van der Waals surface area (Å²) in [5, 5.41) is 3.31. The number of rotatable bonds is 3. The molecule has 0 N–H and O–H groups in total. The van der Waals surface area contributed by atoms with Gasteiger partial charge >= 0.3 is 0 Å². The number of hydrogen-bond donors (Lipinski definition) is 0. The fourth-order valence-corrected chi connectivity index (χ4v) is 3.31. The predicted molar refractivity (Wildman–Crippen MR) is 85.8 cm³/mol. The number of piperazine rings is 1. The van der Waals surface area contributed by atoms with Gasteiger partial charge in [-0.05, 0) is 20.8 Å². The summed E-state index contributed by atoms with van der Waals surface area (Å²) in [5.74, 6) is 1.91. The minimum absolute atomic E-state index is 0.852. The number of anilines is 1. The molecule has 3 rings (SSSR count). The van der Waals surface area contributed by atoms with E-state index in [1.54, 1.807) is 11.3 Å². The first kappa shape index (κ1) is 14.4. The van der Waals surface area contributed by atoms with Crippen LogP contribution in [-0.2, 0) is 6.54 Å². The fourth-order valence-electron chi connectivity index (χ4n) is 2.70. The van der Waals surface area contributed by atoms with Gasteiger partial charge in [-0.3, -0.25) is 4.90 Å². The maximum absolute atomic E-state index is 4.56. The van der Waals surface area contributed by atoms with Crippen LogP contribution in [0.4, 0.5) is 5.82 Å². The van der Waals surface area contributed by atoms with Crippen LogP contribution in [0.3, 0.4) is 0 Å². The van der Waals surface area contributed by atoms with Crippen LogP contribution in [0.5, 0.6) is 0 Å². The summed E-state index contributed by atoms with van der Waals surface area (Å²) in [6.45, 7) is 11.1. The maximum Gasteiger partial charge on any atom is 0.132 e. The zero-order chi connectivity index (χ0) is 14.8. The lowest BCUT2D eigenvalue weighted by Gasteiger charge is -2.35. The summed E-state index contributed by atoms with van der Waals surface area (Å²) in [6, 6.07) is 2.08. The second-order valence-corrected chi connectivity index (χ2v) is 6.60. The van der Waals surface area contributed by atoms with Crippen molar-refractivity contribution >= 4 is 17.2 Å². The van der Waals surface area contributed by atoms with Gasteiger partial charge in [-0.25, -0.2) is 15.0 Å². The van der Waals surface area contributed by atoms with Gasteiger partial charge in [0.1, 0.15) is 11.6 Å². The Morgan fingerprint density at radius 3 is 2.43 bits per heavy atom. The number of nitrogens with zero attached hydrogens (tertiary/aromatic N) is 5. The summed E-state index contributed by atoms with van der Waals surface area (Å²) in [4.78, 5) is 18.3. The third-order valence-corrected chi connectivity index (χ3v) is 4.52. The van der Waals surface area contributed by atoms with Crippen molar-refractivity contribution in [1.82, 2.24) is 19.9 Å². The molecule has 0 radical (unpaired) electrons. The van der Waals surface area contributed by atoms with Crippen molar-refractivity contribution < 1.29 is 0 Å². The Kier molecular flexibility index (Phi) is 4.17. The molecule has 0 spiro atoms. The van der Waals surface area contributed by atoms with Crippen LogP contribution in [0, 0.1) is 20.8 Å². The largest absolute Gasteiger partial charge is 0.354 e. The smallest absolute Gasteiger partial charge is 0.132 e. The van der Waals surface area contributed by atoms with Gasteiger partial charge in [0.2, 0.25) is 0 Å². The molecule has 21 heavy (non-hydrogen) atoms. The van der Waals surface area contributed by atoms with Crippen LogP contribution in [0.2, 0.25) is 0 Å². The molecule has 1 saturated heterocycles. The molecule has 2 aromatic rings. The van der Waals surface area contributed by atoms with Crippen LogP contribution in [0.1, 0.15) is 22.2 Å². The van der Waals surface area contributed by atoms with E-state index in [9.17, 15) is 0 Å². The zero-order valence-corrected chi connectivity index (χ0v) is 13.7. The van der Waals surface area contributed by atoms with Gasteiger partial charge in [0.25, 0.3) is 0 Å². The Hall–Kier alpha value is -1.53. The molecule has 0 bridgehead atoms. The van der Waals surface area contributed by atoms with Gasteiger partial charge in [-0.15, -0.1) is 11.3 Å². The lowest BCUT2D eigenvalue weighted by Crippen LogP contribution is -2.46. The topological polar surface area (TPSA) is 45.2 Å². The molecule has 6 heteroatoms. The lowest BCUT2D eigenvalue weighted by molar-refractivity contribution is 0.247. The summed E-state index contributed by atoms with van der Waals surface area (Å²) < 4.78 is 0. The molecule has 0 aliphatic carbocycles.